The first-order chi connectivity index (χ1) is 22.0. The van der Waals surface area contributed by atoms with Gasteiger partial charge in [0.1, 0.15) is 0 Å². The molecule has 5 heteroatoms. The summed E-state index contributed by atoms with van der Waals surface area (Å²) in [5.74, 6) is 4.34. The highest BCUT2D eigenvalue weighted by Gasteiger charge is 2.39. The molecule has 6 aromatic carbocycles. The Bertz CT molecular complexity index is 2310. The van der Waals surface area contributed by atoms with Crippen LogP contribution in [0.2, 0.25) is 0 Å². The molecule has 0 atom stereocenters. The molecule has 0 N–H and O–H groups in total. The fourth-order valence-electron chi connectivity index (χ4n) is 6.69. The van der Waals surface area contributed by atoms with E-state index in [0.717, 1.165) is 38.8 Å². The fraction of sp³-hybridized carbons (Fsp3) is 0.0750. The van der Waals surface area contributed by atoms with Crippen molar-refractivity contribution in [3.8, 4) is 68.3 Å². The van der Waals surface area contributed by atoms with E-state index in [1.54, 1.807) is 0 Å². The van der Waals surface area contributed by atoms with E-state index < -0.39 is 0 Å². The fourth-order valence-corrected chi connectivity index (χ4v) is 6.69. The van der Waals surface area contributed by atoms with Crippen LogP contribution in [0.15, 0.2) is 127 Å². The van der Waals surface area contributed by atoms with Crippen LogP contribution >= 0.6 is 0 Å². The summed E-state index contributed by atoms with van der Waals surface area (Å²) in [5, 5.41) is 2.29. The van der Waals surface area contributed by atoms with E-state index in [9.17, 15) is 0 Å². The highest BCUT2D eigenvalue weighted by atomic mass is 16.6. The lowest BCUT2D eigenvalue weighted by Gasteiger charge is -2.26. The van der Waals surface area contributed by atoms with E-state index in [-0.39, 0.29) is 5.41 Å². The first-order valence-electron chi connectivity index (χ1n) is 15.1. The zero-order valence-electron chi connectivity index (χ0n) is 24.8. The molecule has 2 aliphatic rings. The van der Waals surface area contributed by atoms with E-state index >= 15 is 0 Å². The summed E-state index contributed by atoms with van der Waals surface area (Å²) in [6.07, 6.45) is 0. The number of fused-ring (bicyclic) bond motifs is 7. The molecule has 1 aliphatic heterocycles. The number of nitrogens with zero attached hydrogens (tertiary/aromatic N) is 3. The van der Waals surface area contributed by atoms with Gasteiger partial charge in [-0.25, -0.2) is 15.0 Å². The maximum Gasteiger partial charge on any atom is 0.181 e. The summed E-state index contributed by atoms with van der Waals surface area (Å²) in [6, 6.07) is 43.2. The smallest absolute Gasteiger partial charge is 0.181 e. The number of aromatic nitrogens is 3. The van der Waals surface area contributed by atoms with Crippen molar-refractivity contribution in [1.82, 2.24) is 15.0 Å². The largest absolute Gasteiger partial charge is 0.449 e. The normalized spacial score (nSPS) is 13.6. The molecule has 0 saturated carbocycles. The first kappa shape index (κ1) is 25.7. The lowest BCUT2D eigenvalue weighted by Crippen LogP contribution is -2.15. The topological polar surface area (TPSA) is 57.1 Å². The summed E-state index contributed by atoms with van der Waals surface area (Å²) in [6.45, 7) is 4.52. The third-order valence-corrected chi connectivity index (χ3v) is 8.98. The quantitative estimate of drug-likeness (QED) is 0.208. The Labute approximate surface area is 260 Å². The van der Waals surface area contributed by atoms with E-state index in [4.69, 9.17) is 24.4 Å². The second-order valence-electron chi connectivity index (χ2n) is 12.1. The van der Waals surface area contributed by atoms with Crippen LogP contribution < -0.4 is 9.47 Å². The van der Waals surface area contributed by atoms with Crippen LogP contribution in [-0.2, 0) is 5.41 Å². The van der Waals surface area contributed by atoms with Gasteiger partial charge in [-0.2, -0.15) is 0 Å². The molecule has 214 valence electrons. The van der Waals surface area contributed by atoms with Gasteiger partial charge in [-0.15, -0.1) is 0 Å². The third-order valence-electron chi connectivity index (χ3n) is 8.98. The molecule has 45 heavy (non-hydrogen) atoms. The van der Waals surface area contributed by atoms with E-state index in [1.807, 2.05) is 66.7 Å². The van der Waals surface area contributed by atoms with Crippen LogP contribution in [0.3, 0.4) is 0 Å². The van der Waals surface area contributed by atoms with Crippen molar-refractivity contribution >= 4 is 10.8 Å². The molecule has 5 nitrogen and oxygen atoms in total. The van der Waals surface area contributed by atoms with Crippen LogP contribution in [0.25, 0.3) is 56.1 Å². The van der Waals surface area contributed by atoms with Crippen LogP contribution in [-0.4, -0.2) is 15.0 Å². The maximum absolute atomic E-state index is 6.71. The van der Waals surface area contributed by atoms with Gasteiger partial charge in [0.15, 0.2) is 40.5 Å². The molecule has 0 radical (unpaired) electrons. The Morgan fingerprint density at radius 3 is 2.00 bits per heavy atom. The monoisotopic (exact) mass is 581 g/mol. The van der Waals surface area contributed by atoms with Crippen molar-refractivity contribution in [2.45, 2.75) is 19.3 Å². The number of ether oxygens (including phenoxy) is 2. The maximum atomic E-state index is 6.71. The predicted molar refractivity (Wildman–Crippen MR) is 178 cm³/mol. The van der Waals surface area contributed by atoms with Crippen LogP contribution in [0.5, 0.6) is 23.0 Å². The number of benzene rings is 6. The van der Waals surface area contributed by atoms with Crippen molar-refractivity contribution in [1.29, 1.82) is 0 Å². The minimum atomic E-state index is -0.135. The standard InChI is InChI=1S/C40H27N3O2/c1-40(2)30-17-9-8-15-28(30)34-31(40)21-22-33-36(34)45-32-18-10-16-29(35(32)44-33)39-42-37(25-12-4-3-5-13-25)41-38(43-39)27-20-19-24-11-6-7-14-26(24)23-27/h3-23H,1-2H3. The molecule has 7 aromatic rings. The molecule has 1 aliphatic carbocycles. The zero-order valence-corrected chi connectivity index (χ0v) is 24.8. The molecule has 2 heterocycles. The Balaban J connectivity index is 1.20. The predicted octanol–water partition coefficient (Wildman–Crippen LogP) is 10.2. The minimum absolute atomic E-state index is 0.135. The zero-order chi connectivity index (χ0) is 30.1. The van der Waals surface area contributed by atoms with E-state index in [2.05, 4.69) is 74.5 Å². The number of rotatable bonds is 3. The summed E-state index contributed by atoms with van der Waals surface area (Å²) < 4.78 is 13.4. The summed E-state index contributed by atoms with van der Waals surface area (Å²) >= 11 is 0. The highest BCUT2D eigenvalue weighted by Crippen LogP contribution is 2.59. The SMILES string of the molecule is CC1(C)c2ccccc2-c2c1ccc1c2Oc2cccc(-c3nc(-c4ccccc4)nc(-c4ccc5ccccc5c4)n3)c2O1. The average molecular weight is 582 g/mol. The van der Waals surface area contributed by atoms with Gasteiger partial charge in [0, 0.05) is 22.1 Å². The molecule has 0 unspecified atom stereocenters. The van der Waals surface area contributed by atoms with Crippen LogP contribution in [0.1, 0.15) is 25.0 Å². The van der Waals surface area contributed by atoms with Gasteiger partial charge in [0.25, 0.3) is 0 Å². The van der Waals surface area contributed by atoms with Gasteiger partial charge in [-0.1, -0.05) is 117 Å². The van der Waals surface area contributed by atoms with E-state index in [0.29, 0.717) is 34.7 Å². The summed E-state index contributed by atoms with van der Waals surface area (Å²) in [4.78, 5) is 14.9. The van der Waals surface area contributed by atoms with Crippen molar-refractivity contribution < 1.29 is 9.47 Å². The van der Waals surface area contributed by atoms with Crippen molar-refractivity contribution in [2.75, 3.05) is 0 Å². The number of hydrogen-bond acceptors (Lipinski definition) is 5. The molecule has 0 amide bonds. The Morgan fingerprint density at radius 1 is 0.467 bits per heavy atom. The molecule has 0 saturated heterocycles. The van der Waals surface area contributed by atoms with Crippen LogP contribution in [0.4, 0.5) is 0 Å². The molecule has 9 rings (SSSR count). The Hall–Kier alpha value is -5.81. The van der Waals surface area contributed by atoms with E-state index in [1.165, 1.54) is 16.7 Å². The van der Waals surface area contributed by atoms with Crippen LogP contribution in [0, 0.1) is 0 Å². The lowest BCUT2D eigenvalue weighted by molar-refractivity contribution is 0.361. The molecule has 0 spiro atoms. The highest BCUT2D eigenvalue weighted by molar-refractivity contribution is 5.89. The number of para-hydroxylation sites is 1. The van der Waals surface area contributed by atoms with Gasteiger partial charge in [-0.3, -0.25) is 0 Å². The second-order valence-corrected chi connectivity index (χ2v) is 12.1. The van der Waals surface area contributed by atoms with Gasteiger partial charge in [-0.05, 0) is 51.7 Å². The van der Waals surface area contributed by atoms with Crippen molar-refractivity contribution in [3.05, 3.63) is 139 Å². The first-order valence-corrected chi connectivity index (χ1v) is 15.1. The lowest BCUT2D eigenvalue weighted by atomic mass is 9.82. The van der Waals surface area contributed by atoms with Gasteiger partial charge >= 0.3 is 0 Å². The summed E-state index contributed by atoms with van der Waals surface area (Å²) in [7, 11) is 0. The molecular formula is C40H27N3O2. The molecule has 0 fully saturated rings. The molecular weight excluding hydrogens is 554 g/mol. The van der Waals surface area contributed by atoms with Gasteiger partial charge < -0.3 is 9.47 Å². The Kier molecular flexibility index (Phi) is 5.47. The third kappa shape index (κ3) is 3.97. The number of hydrogen-bond donors (Lipinski definition) is 0. The van der Waals surface area contributed by atoms with Crippen molar-refractivity contribution in [2.24, 2.45) is 0 Å². The molecule has 0 bridgehead atoms. The summed E-state index contributed by atoms with van der Waals surface area (Å²) in [5.41, 5.74) is 7.22. The Morgan fingerprint density at radius 2 is 1.13 bits per heavy atom. The average Bonchev–Trinajstić information content (AvgIpc) is 3.33. The van der Waals surface area contributed by atoms with Gasteiger partial charge in [0.05, 0.1) is 5.56 Å². The molecule has 1 aromatic heterocycles. The minimum Gasteiger partial charge on any atom is -0.449 e. The van der Waals surface area contributed by atoms with Gasteiger partial charge in [0.2, 0.25) is 0 Å². The second kappa shape index (κ2) is 9.60. The van der Waals surface area contributed by atoms with Crippen molar-refractivity contribution in [3.63, 3.8) is 0 Å².